The maximum atomic E-state index is 9.65. The first-order valence-corrected chi connectivity index (χ1v) is 6.04. The van der Waals surface area contributed by atoms with Gasteiger partial charge in [0.2, 0.25) is 0 Å². The molecule has 1 rings (SSSR count). The molecule has 14 heavy (non-hydrogen) atoms. The summed E-state index contributed by atoms with van der Waals surface area (Å²) in [6.45, 7) is 9.15. The summed E-state index contributed by atoms with van der Waals surface area (Å²) in [6, 6.07) is 0. The molecule has 0 saturated heterocycles. The molecule has 1 N–H and O–H groups in total. The van der Waals surface area contributed by atoms with Crippen LogP contribution in [-0.2, 0) is 0 Å². The lowest BCUT2D eigenvalue weighted by Gasteiger charge is -2.46. The summed E-state index contributed by atoms with van der Waals surface area (Å²) in [4.78, 5) is 2.45. The van der Waals surface area contributed by atoms with Crippen LogP contribution in [0.5, 0.6) is 0 Å². The van der Waals surface area contributed by atoms with Crippen molar-refractivity contribution in [2.24, 2.45) is 5.92 Å². The fraction of sp³-hybridized carbons (Fsp3) is 1.00. The normalized spacial score (nSPS) is 33.6. The Balaban J connectivity index is 2.72. The Hall–Kier alpha value is -0.0800. The predicted molar refractivity (Wildman–Crippen MR) is 60.4 cm³/mol. The van der Waals surface area contributed by atoms with Gasteiger partial charge in [0.15, 0.2) is 0 Å². The van der Waals surface area contributed by atoms with Crippen LogP contribution >= 0.6 is 0 Å². The summed E-state index contributed by atoms with van der Waals surface area (Å²) in [5, 5.41) is 9.65. The number of aliphatic hydroxyl groups excluding tert-OH is 1. The van der Waals surface area contributed by atoms with Crippen LogP contribution in [0.2, 0.25) is 0 Å². The van der Waals surface area contributed by atoms with Crippen LogP contribution in [0.4, 0.5) is 0 Å². The van der Waals surface area contributed by atoms with Crippen LogP contribution in [-0.4, -0.2) is 35.2 Å². The first-order valence-electron chi connectivity index (χ1n) is 6.04. The minimum atomic E-state index is 0.0984. The van der Waals surface area contributed by atoms with Gasteiger partial charge in [-0.05, 0) is 31.8 Å². The van der Waals surface area contributed by atoms with Crippen molar-refractivity contribution in [3.63, 3.8) is 0 Å². The Morgan fingerprint density at radius 1 is 1.36 bits per heavy atom. The Labute approximate surface area is 88.3 Å². The molecule has 84 valence electrons. The summed E-state index contributed by atoms with van der Waals surface area (Å²) in [5.41, 5.74) is 0.0984. The molecule has 1 saturated carbocycles. The highest BCUT2D eigenvalue weighted by Crippen LogP contribution is 2.36. The molecule has 0 radical (unpaired) electrons. The zero-order chi connectivity index (χ0) is 10.6. The molecule has 1 aliphatic rings. The van der Waals surface area contributed by atoms with Crippen molar-refractivity contribution < 1.29 is 5.11 Å². The van der Waals surface area contributed by atoms with E-state index >= 15 is 0 Å². The van der Waals surface area contributed by atoms with E-state index in [1.165, 1.54) is 25.7 Å². The van der Waals surface area contributed by atoms with Crippen LogP contribution in [0.1, 0.15) is 46.5 Å². The van der Waals surface area contributed by atoms with Gasteiger partial charge in [-0.1, -0.05) is 33.6 Å². The van der Waals surface area contributed by atoms with Crippen molar-refractivity contribution in [1.82, 2.24) is 4.90 Å². The molecular weight excluding hydrogens is 174 g/mol. The molecule has 0 spiro atoms. The van der Waals surface area contributed by atoms with Crippen LogP contribution in [0.25, 0.3) is 0 Å². The van der Waals surface area contributed by atoms with Gasteiger partial charge in [-0.25, -0.2) is 0 Å². The molecular formula is C12H25NO. The molecule has 0 aromatic rings. The molecule has 2 heteroatoms. The molecule has 0 amide bonds. The lowest BCUT2D eigenvalue weighted by molar-refractivity contribution is -0.00671. The molecule has 2 nitrogen and oxygen atoms in total. The van der Waals surface area contributed by atoms with E-state index in [1.807, 2.05) is 0 Å². The Morgan fingerprint density at radius 3 is 2.43 bits per heavy atom. The van der Waals surface area contributed by atoms with Crippen LogP contribution in [0, 0.1) is 5.92 Å². The monoisotopic (exact) mass is 199 g/mol. The first-order chi connectivity index (χ1) is 6.68. The van der Waals surface area contributed by atoms with Crippen molar-refractivity contribution in [3.05, 3.63) is 0 Å². The minimum Gasteiger partial charge on any atom is -0.394 e. The SMILES string of the molecule is CCN(CC)C1(CO)CCCC(C)C1. The molecule has 0 aromatic carbocycles. The lowest BCUT2D eigenvalue weighted by Crippen LogP contribution is -2.53. The summed E-state index contributed by atoms with van der Waals surface area (Å²) in [7, 11) is 0. The zero-order valence-electron chi connectivity index (χ0n) is 9.92. The van der Waals surface area contributed by atoms with Gasteiger partial charge in [-0.15, -0.1) is 0 Å². The highest BCUT2D eigenvalue weighted by Gasteiger charge is 2.38. The third-order valence-corrected chi connectivity index (χ3v) is 3.80. The van der Waals surface area contributed by atoms with E-state index in [0.717, 1.165) is 19.0 Å². The van der Waals surface area contributed by atoms with Crippen molar-refractivity contribution >= 4 is 0 Å². The number of rotatable bonds is 4. The Kier molecular flexibility index (Phi) is 4.39. The second-order valence-corrected chi connectivity index (χ2v) is 4.76. The van der Waals surface area contributed by atoms with E-state index in [1.54, 1.807) is 0 Å². The summed E-state index contributed by atoms with van der Waals surface area (Å²) in [6.07, 6.45) is 4.96. The topological polar surface area (TPSA) is 23.5 Å². The van der Waals surface area contributed by atoms with E-state index < -0.39 is 0 Å². The number of hydrogen-bond donors (Lipinski definition) is 1. The van der Waals surface area contributed by atoms with Gasteiger partial charge in [0.25, 0.3) is 0 Å². The van der Waals surface area contributed by atoms with Crippen molar-refractivity contribution in [3.8, 4) is 0 Å². The van der Waals surface area contributed by atoms with Gasteiger partial charge in [-0.2, -0.15) is 0 Å². The maximum absolute atomic E-state index is 9.65. The molecule has 1 fully saturated rings. The zero-order valence-corrected chi connectivity index (χ0v) is 9.92. The molecule has 2 unspecified atom stereocenters. The average Bonchev–Trinajstić information content (AvgIpc) is 2.19. The quantitative estimate of drug-likeness (QED) is 0.751. The predicted octanol–water partition coefficient (Wildman–Crippen LogP) is 2.27. The highest BCUT2D eigenvalue weighted by molar-refractivity contribution is 4.93. The Morgan fingerprint density at radius 2 is 2.00 bits per heavy atom. The second kappa shape index (κ2) is 5.13. The molecule has 0 heterocycles. The van der Waals surface area contributed by atoms with Gasteiger partial charge >= 0.3 is 0 Å². The largest absolute Gasteiger partial charge is 0.394 e. The smallest absolute Gasteiger partial charge is 0.0615 e. The average molecular weight is 199 g/mol. The highest BCUT2D eigenvalue weighted by atomic mass is 16.3. The van der Waals surface area contributed by atoms with Crippen LogP contribution < -0.4 is 0 Å². The Bertz CT molecular complexity index is 168. The van der Waals surface area contributed by atoms with E-state index in [-0.39, 0.29) is 5.54 Å². The fourth-order valence-corrected chi connectivity index (χ4v) is 3.06. The summed E-state index contributed by atoms with van der Waals surface area (Å²) in [5.74, 6) is 0.775. The molecule has 0 aromatic heterocycles. The lowest BCUT2D eigenvalue weighted by atomic mass is 9.75. The summed E-state index contributed by atoms with van der Waals surface area (Å²) < 4.78 is 0. The molecule has 1 aliphatic carbocycles. The number of likely N-dealkylation sites (N-methyl/N-ethyl adjacent to an activating group) is 1. The van der Waals surface area contributed by atoms with E-state index in [2.05, 4.69) is 25.7 Å². The van der Waals surface area contributed by atoms with Gasteiger partial charge in [-0.3, -0.25) is 4.90 Å². The number of hydrogen-bond acceptors (Lipinski definition) is 2. The van der Waals surface area contributed by atoms with Gasteiger partial charge in [0, 0.05) is 5.54 Å². The fourth-order valence-electron chi connectivity index (χ4n) is 3.06. The minimum absolute atomic E-state index is 0.0984. The number of aliphatic hydroxyl groups is 1. The standard InChI is InChI=1S/C12H25NO/c1-4-13(5-2)12(10-14)8-6-7-11(3)9-12/h11,14H,4-10H2,1-3H3. The number of nitrogens with zero attached hydrogens (tertiary/aromatic N) is 1. The third kappa shape index (κ3) is 2.29. The van der Waals surface area contributed by atoms with Crippen molar-refractivity contribution in [2.45, 2.75) is 52.0 Å². The van der Waals surface area contributed by atoms with E-state index in [9.17, 15) is 5.11 Å². The van der Waals surface area contributed by atoms with Crippen LogP contribution in [0.3, 0.4) is 0 Å². The maximum Gasteiger partial charge on any atom is 0.0615 e. The molecule has 0 aliphatic heterocycles. The molecule has 0 bridgehead atoms. The van der Waals surface area contributed by atoms with Crippen molar-refractivity contribution in [2.75, 3.05) is 19.7 Å². The van der Waals surface area contributed by atoms with Gasteiger partial charge in [0.1, 0.15) is 0 Å². The second-order valence-electron chi connectivity index (χ2n) is 4.76. The van der Waals surface area contributed by atoms with Gasteiger partial charge in [0.05, 0.1) is 6.61 Å². The molecule has 2 atom stereocenters. The summed E-state index contributed by atoms with van der Waals surface area (Å²) >= 11 is 0. The van der Waals surface area contributed by atoms with E-state index in [4.69, 9.17) is 0 Å². The first kappa shape index (κ1) is 12.0. The van der Waals surface area contributed by atoms with Crippen molar-refractivity contribution in [1.29, 1.82) is 0 Å². The van der Waals surface area contributed by atoms with Crippen LogP contribution in [0.15, 0.2) is 0 Å². The third-order valence-electron chi connectivity index (χ3n) is 3.80. The van der Waals surface area contributed by atoms with E-state index in [0.29, 0.717) is 6.61 Å². The van der Waals surface area contributed by atoms with Gasteiger partial charge < -0.3 is 5.11 Å².